The molecular weight excluding hydrogens is 278 g/mol. The number of hydrogen-bond donors (Lipinski definition) is 2. The highest BCUT2D eigenvalue weighted by molar-refractivity contribution is 5.84. The first kappa shape index (κ1) is 16.8. The molecule has 0 saturated carbocycles. The van der Waals surface area contributed by atoms with E-state index >= 15 is 0 Å². The number of aliphatic hydroxyl groups excluding tert-OH is 1. The quantitative estimate of drug-likeness (QED) is 0.626. The lowest BCUT2D eigenvalue weighted by molar-refractivity contribution is -0.156. The highest BCUT2D eigenvalue weighted by Gasteiger charge is 2.32. The number of carbonyl (C=O) groups is 1. The molecule has 0 saturated heterocycles. The van der Waals surface area contributed by atoms with Crippen LogP contribution in [0.15, 0.2) is 18.2 Å². The van der Waals surface area contributed by atoms with Gasteiger partial charge in [0, 0.05) is 18.8 Å². The maximum absolute atomic E-state index is 12.3. The average Bonchev–Trinajstić information content (AvgIpc) is 2.85. The molecule has 1 unspecified atom stereocenters. The second kappa shape index (κ2) is 7.14. The van der Waals surface area contributed by atoms with Crippen LogP contribution in [-0.2, 0) is 16.0 Å². The second-order valence-electron chi connectivity index (χ2n) is 6.92. The summed E-state index contributed by atoms with van der Waals surface area (Å²) in [5, 5.41) is 12.1. The molecule has 0 amide bonds. The number of esters is 1. The van der Waals surface area contributed by atoms with Crippen molar-refractivity contribution in [2.24, 2.45) is 0 Å². The zero-order chi connectivity index (χ0) is 16.2. The molecule has 4 heteroatoms. The van der Waals surface area contributed by atoms with E-state index in [1.54, 1.807) is 0 Å². The highest BCUT2D eigenvalue weighted by Crippen LogP contribution is 2.34. The third-order valence-electron chi connectivity index (χ3n) is 3.80. The van der Waals surface area contributed by atoms with Gasteiger partial charge in [-0.15, -0.1) is 0 Å². The Labute approximate surface area is 132 Å². The third kappa shape index (κ3) is 4.47. The molecule has 0 radical (unpaired) electrons. The molecule has 1 aliphatic rings. The Balaban J connectivity index is 2.04. The Morgan fingerprint density at radius 3 is 2.77 bits per heavy atom. The number of benzene rings is 1. The summed E-state index contributed by atoms with van der Waals surface area (Å²) in [7, 11) is 0. The van der Waals surface area contributed by atoms with Crippen molar-refractivity contribution in [3.63, 3.8) is 0 Å². The number of ether oxygens (including phenoxy) is 1. The van der Waals surface area contributed by atoms with Gasteiger partial charge in [0.2, 0.25) is 0 Å². The molecule has 0 spiro atoms. The lowest BCUT2D eigenvalue weighted by atomic mass is 9.97. The maximum Gasteiger partial charge on any atom is 0.315 e. The van der Waals surface area contributed by atoms with Crippen LogP contribution in [0, 0.1) is 0 Å². The van der Waals surface area contributed by atoms with Crippen LogP contribution in [0.3, 0.4) is 0 Å². The molecule has 1 atom stereocenters. The molecular formula is C18H27NO3. The standard InChI is InChI=1S/C18H27NO3/c1-18(2,3)22-17(21)15-12-19-16-9-8-13(11-14(15)16)7-5-4-6-10-20/h8-9,11,15,19-20H,4-7,10,12H2,1-3H3. The van der Waals surface area contributed by atoms with Gasteiger partial charge in [-0.1, -0.05) is 18.6 Å². The second-order valence-corrected chi connectivity index (χ2v) is 6.92. The Kier molecular flexibility index (Phi) is 5.46. The predicted molar refractivity (Wildman–Crippen MR) is 88.2 cm³/mol. The van der Waals surface area contributed by atoms with Gasteiger partial charge in [0.1, 0.15) is 11.5 Å². The lowest BCUT2D eigenvalue weighted by Crippen LogP contribution is -2.28. The predicted octanol–water partition coefficient (Wildman–Crippen LogP) is 3.24. The van der Waals surface area contributed by atoms with Crippen molar-refractivity contribution < 1.29 is 14.6 Å². The van der Waals surface area contributed by atoms with Crippen molar-refractivity contribution in [1.82, 2.24) is 0 Å². The molecule has 2 N–H and O–H groups in total. The number of fused-ring (bicyclic) bond motifs is 1. The van der Waals surface area contributed by atoms with Gasteiger partial charge in [0.15, 0.2) is 0 Å². The molecule has 2 rings (SSSR count). The number of nitrogens with one attached hydrogen (secondary N) is 1. The van der Waals surface area contributed by atoms with Crippen LogP contribution in [0.25, 0.3) is 0 Å². The normalized spacial score (nSPS) is 17.0. The largest absolute Gasteiger partial charge is 0.459 e. The third-order valence-corrected chi connectivity index (χ3v) is 3.80. The van der Waals surface area contributed by atoms with Crippen LogP contribution in [0.1, 0.15) is 57.1 Å². The van der Waals surface area contributed by atoms with Crippen LogP contribution in [0.4, 0.5) is 5.69 Å². The molecule has 1 aliphatic heterocycles. The lowest BCUT2D eigenvalue weighted by Gasteiger charge is -2.22. The van der Waals surface area contributed by atoms with Crippen LogP contribution in [0.5, 0.6) is 0 Å². The topological polar surface area (TPSA) is 58.6 Å². The van der Waals surface area contributed by atoms with Gasteiger partial charge in [-0.25, -0.2) is 0 Å². The number of unbranched alkanes of at least 4 members (excludes halogenated alkanes) is 2. The van der Waals surface area contributed by atoms with Crippen LogP contribution >= 0.6 is 0 Å². The fourth-order valence-corrected chi connectivity index (χ4v) is 2.74. The van der Waals surface area contributed by atoms with Crippen molar-refractivity contribution in [1.29, 1.82) is 0 Å². The van der Waals surface area contributed by atoms with Gasteiger partial charge in [-0.3, -0.25) is 4.79 Å². The Morgan fingerprint density at radius 2 is 2.09 bits per heavy atom. The molecule has 1 aromatic rings. The molecule has 0 fully saturated rings. The van der Waals surface area contributed by atoms with Gasteiger partial charge < -0.3 is 15.2 Å². The van der Waals surface area contributed by atoms with E-state index in [1.807, 2.05) is 20.8 Å². The fraction of sp³-hybridized carbons (Fsp3) is 0.611. The average molecular weight is 305 g/mol. The van der Waals surface area contributed by atoms with Crippen LogP contribution < -0.4 is 5.32 Å². The molecule has 1 aromatic carbocycles. The highest BCUT2D eigenvalue weighted by atomic mass is 16.6. The molecule has 4 nitrogen and oxygen atoms in total. The maximum atomic E-state index is 12.3. The minimum atomic E-state index is -0.457. The summed E-state index contributed by atoms with van der Waals surface area (Å²) in [5.41, 5.74) is 2.87. The summed E-state index contributed by atoms with van der Waals surface area (Å²) in [6.45, 7) is 6.55. The first-order valence-corrected chi connectivity index (χ1v) is 8.11. The summed E-state index contributed by atoms with van der Waals surface area (Å²) in [5.74, 6) is -0.372. The smallest absolute Gasteiger partial charge is 0.315 e. The van der Waals surface area contributed by atoms with Crippen LogP contribution in [0.2, 0.25) is 0 Å². The summed E-state index contributed by atoms with van der Waals surface area (Å²) in [6, 6.07) is 6.30. The van der Waals surface area contributed by atoms with E-state index < -0.39 is 5.60 Å². The van der Waals surface area contributed by atoms with Crippen molar-refractivity contribution in [2.75, 3.05) is 18.5 Å². The number of hydrogen-bond acceptors (Lipinski definition) is 4. The minimum Gasteiger partial charge on any atom is -0.459 e. The Morgan fingerprint density at radius 1 is 1.32 bits per heavy atom. The summed E-state index contributed by atoms with van der Waals surface area (Å²) < 4.78 is 5.52. The van der Waals surface area contributed by atoms with Crippen LogP contribution in [-0.4, -0.2) is 29.8 Å². The molecule has 0 aliphatic carbocycles. The summed E-state index contributed by atoms with van der Waals surface area (Å²) >= 11 is 0. The zero-order valence-corrected chi connectivity index (χ0v) is 13.8. The number of rotatable bonds is 6. The van der Waals surface area contributed by atoms with Gasteiger partial charge >= 0.3 is 5.97 Å². The molecule has 22 heavy (non-hydrogen) atoms. The number of anilines is 1. The monoisotopic (exact) mass is 305 g/mol. The first-order valence-electron chi connectivity index (χ1n) is 8.11. The van der Waals surface area contributed by atoms with E-state index in [0.717, 1.165) is 36.9 Å². The van der Waals surface area contributed by atoms with Crippen molar-refractivity contribution >= 4 is 11.7 Å². The van der Waals surface area contributed by atoms with Crippen molar-refractivity contribution in [3.8, 4) is 0 Å². The van der Waals surface area contributed by atoms with E-state index in [4.69, 9.17) is 9.84 Å². The van der Waals surface area contributed by atoms with Crippen molar-refractivity contribution in [3.05, 3.63) is 29.3 Å². The van der Waals surface area contributed by atoms with E-state index in [0.29, 0.717) is 6.54 Å². The van der Waals surface area contributed by atoms with Gasteiger partial charge in [0.05, 0.1) is 0 Å². The SMILES string of the molecule is CC(C)(C)OC(=O)C1CNc2ccc(CCCCCO)cc21. The van der Waals surface area contributed by atoms with E-state index in [1.165, 1.54) is 5.56 Å². The Bertz CT molecular complexity index is 520. The van der Waals surface area contributed by atoms with E-state index in [2.05, 4.69) is 23.5 Å². The number of aryl methyl sites for hydroxylation is 1. The zero-order valence-electron chi connectivity index (χ0n) is 13.8. The molecule has 0 aromatic heterocycles. The van der Waals surface area contributed by atoms with E-state index in [9.17, 15) is 4.79 Å². The molecule has 1 heterocycles. The number of aliphatic hydroxyl groups is 1. The summed E-state index contributed by atoms with van der Waals surface area (Å²) in [4.78, 5) is 12.3. The van der Waals surface area contributed by atoms with Gasteiger partial charge in [0.25, 0.3) is 0 Å². The molecule has 122 valence electrons. The first-order chi connectivity index (χ1) is 10.4. The Hall–Kier alpha value is -1.55. The number of carbonyl (C=O) groups excluding carboxylic acids is 1. The van der Waals surface area contributed by atoms with E-state index in [-0.39, 0.29) is 18.5 Å². The minimum absolute atomic E-state index is 0.156. The van der Waals surface area contributed by atoms with Gasteiger partial charge in [-0.2, -0.15) is 0 Å². The van der Waals surface area contributed by atoms with Gasteiger partial charge in [-0.05, 0) is 57.2 Å². The summed E-state index contributed by atoms with van der Waals surface area (Å²) in [6.07, 6.45) is 3.92. The molecule has 0 bridgehead atoms. The fourth-order valence-electron chi connectivity index (χ4n) is 2.74. The van der Waals surface area contributed by atoms with Crippen molar-refractivity contribution in [2.45, 2.75) is 58.0 Å².